The molecule has 1 heterocycles. The maximum atomic E-state index is 13.0. The Morgan fingerprint density at radius 1 is 1.60 bits per heavy atom. The number of alkyl halides is 3. The van der Waals surface area contributed by atoms with Crippen molar-refractivity contribution < 1.29 is 13.2 Å². The molecule has 0 amide bonds. The van der Waals surface area contributed by atoms with Crippen LogP contribution in [0.3, 0.4) is 0 Å². The third kappa shape index (κ3) is 2.48. The van der Waals surface area contributed by atoms with Gasteiger partial charge < -0.3 is 4.42 Å². The summed E-state index contributed by atoms with van der Waals surface area (Å²) >= 11 is 5.53. The fraction of sp³-hybridized carbons (Fsp3) is 0.700. The molecule has 0 radical (unpaired) electrons. The number of aryl methyl sites for hydroxylation is 1. The van der Waals surface area contributed by atoms with Crippen LogP contribution in [0.1, 0.15) is 36.8 Å². The van der Waals surface area contributed by atoms with Gasteiger partial charge in [0, 0.05) is 31.1 Å². The minimum Gasteiger partial charge on any atom is -0.445 e. The van der Waals surface area contributed by atoms with Crippen molar-refractivity contribution >= 4 is 11.6 Å². The lowest BCUT2D eigenvalue weighted by molar-refractivity contribution is 0.00717. The number of oxazole rings is 1. The van der Waals surface area contributed by atoms with Crippen LogP contribution in [-0.2, 0) is 6.42 Å². The van der Waals surface area contributed by atoms with Gasteiger partial charge in [0.05, 0.1) is 6.20 Å². The number of hydrogen-bond acceptors (Lipinski definition) is 2. The largest absolute Gasteiger partial charge is 0.445 e. The lowest BCUT2D eigenvalue weighted by Gasteiger charge is -2.07. The molecule has 1 saturated carbocycles. The molecule has 0 aliphatic heterocycles. The second-order valence-corrected chi connectivity index (χ2v) is 4.27. The standard InChI is InChI=1S/C10H12ClF2NO/c11-4-2-9-14-6-8(15-9)7-1-3-10(12,13)5-7/h6-7H,1-5H2. The van der Waals surface area contributed by atoms with E-state index >= 15 is 0 Å². The monoisotopic (exact) mass is 235 g/mol. The van der Waals surface area contributed by atoms with Gasteiger partial charge in [-0.25, -0.2) is 13.8 Å². The zero-order valence-electron chi connectivity index (χ0n) is 8.18. The van der Waals surface area contributed by atoms with Gasteiger partial charge in [0.1, 0.15) is 5.76 Å². The van der Waals surface area contributed by atoms with Crippen LogP contribution in [-0.4, -0.2) is 16.8 Å². The Balaban J connectivity index is 2.04. The molecule has 1 unspecified atom stereocenters. The van der Waals surface area contributed by atoms with Gasteiger partial charge in [-0.1, -0.05) is 0 Å². The smallest absolute Gasteiger partial charge is 0.248 e. The van der Waals surface area contributed by atoms with E-state index in [9.17, 15) is 8.78 Å². The molecule has 1 aliphatic rings. The lowest BCUT2D eigenvalue weighted by atomic mass is 10.1. The Hall–Kier alpha value is -0.640. The van der Waals surface area contributed by atoms with Gasteiger partial charge in [-0.3, -0.25) is 0 Å². The molecule has 15 heavy (non-hydrogen) atoms. The average molecular weight is 236 g/mol. The van der Waals surface area contributed by atoms with E-state index in [-0.39, 0.29) is 18.8 Å². The highest BCUT2D eigenvalue weighted by Gasteiger charge is 2.41. The van der Waals surface area contributed by atoms with Crippen molar-refractivity contribution in [2.75, 3.05) is 5.88 Å². The van der Waals surface area contributed by atoms with Gasteiger partial charge >= 0.3 is 0 Å². The Morgan fingerprint density at radius 3 is 3.00 bits per heavy atom. The normalized spacial score (nSPS) is 24.6. The molecule has 0 bridgehead atoms. The van der Waals surface area contributed by atoms with Gasteiger partial charge in [0.15, 0.2) is 5.89 Å². The first-order valence-corrected chi connectivity index (χ1v) is 5.52. The first-order valence-electron chi connectivity index (χ1n) is 4.99. The molecule has 1 aliphatic carbocycles. The number of nitrogens with zero attached hydrogens (tertiary/aromatic N) is 1. The number of hydrogen-bond donors (Lipinski definition) is 0. The van der Waals surface area contributed by atoms with Crippen LogP contribution < -0.4 is 0 Å². The summed E-state index contributed by atoms with van der Waals surface area (Å²) in [4.78, 5) is 4.00. The van der Waals surface area contributed by atoms with Gasteiger partial charge in [-0.2, -0.15) is 0 Å². The van der Waals surface area contributed by atoms with Crippen LogP contribution in [0.15, 0.2) is 10.6 Å². The number of rotatable bonds is 3. The Bertz CT molecular complexity index is 340. The van der Waals surface area contributed by atoms with E-state index in [1.165, 1.54) is 0 Å². The van der Waals surface area contributed by atoms with Crippen LogP contribution in [0.4, 0.5) is 8.78 Å². The van der Waals surface area contributed by atoms with Crippen molar-refractivity contribution in [3.05, 3.63) is 17.8 Å². The zero-order chi connectivity index (χ0) is 10.9. The van der Waals surface area contributed by atoms with E-state index in [2.05, 4.69) is 4.98 Å². The van der Waals surface area contributed by atoms with E-state index in [0.29, 0.717) is 30.4 Å². The second kappa shape index (κ2) is 4.08. The summed E-state index contributed by atoms with van der Waals surface area (Å²) in [7, 11) is 0. The van der Waals surface area contributed by atoms with Crippen molar-refractivity contribution in [3.8, 4) is 0 Å². The predicted molar refractivity (Wildman–Crippen MR) is 52.5 cm³/mol. The Kier molecular flexibility index (Phi) is 2.96. The number of aromatic nitrogens is 1. The fourth-order valence-corrected chi connectivity index (χ4v) is 2.06. The first kappa shape index (κ1) is 10.9. The predicted octanol–water partition coefficient (Wildman–Crippen LogP) is 3.36. The molecule has 0 aromatic carbocycles. The lowest BCUT2D eigenvalue weighted by Crippen LogP contribution is -2.08. The maximum absolute atomic E-state index is 13.0. The molecule has 1 atom stereocenters. The van der Waals surface area contributed by atoms with Crippen molar-refractivity contribution in [1.29, 1.82) is 0 Å². The van der Waals surface area contributed by atoms with Crippen molar-refractivity contribution in [3.63, 3.8) is 0 Å². The third-order valence-corrected chi connectivity index (χ3v) is 2.87. The summed E-state index contributed by atoms with van der Waals surface area (Å²) in [6, 6.07) is 0. The van der Waals surface area contributed by atoms with Gasteiger partial charge in [0.2, 0.25) is 5.92 Å². The van der Waals surface area contributed by atoms with E-state index in [0.717, 1.165) is 0 Å². The van der Waals surface area contributed by atoms with E-state index in [1.54, 1.807) is 6.20 Å². The van der Waals surface area contributed by atoms with Crippen molar-refractivity contribution in [2.45, 2.75) is 37.5 Å². The zero-order valence-corrected chi connectivity index (χ0v) is 8.94. The topological polar surface area (TPSA) is 26.0 Å². The Labute approximate surface area is 91.6 Å². The summed E-state index contributed by atoms with van der Waals surface area (Å²) in [6.07, 6.45) is 2.40. The van der Waals surface area contributed by atoms with E-state index in [4.69, 9.17) is 16.0 Å². The summed E-state index contributed by atoms with van der Waals surface area (Å²) in [5.74, 6) is -1.18. The first-order chi connectivity index (χ1) is 7.11. The van der Waals surface area contributed by atoms with Crippen LogP contribution in [0, 0.1) is 0 Å². The SMILES string of the molecule is FC1(F)CCC(c2cnc(CCCl)o2)C1. The highest BCUT2D eigenvalue weighted by Crippen LogP contribution is 2.44. The average Bonchev–Trinajstić information content (AvgIpc) is 2.73. The summed E-state index contributed by atoms with van der Waals surface area (Å²) < 4.78 is 31.3. The fourth-order valence-electron chi connectivity index (χ4n) is 1.90. The number of halogens is 3. The molecule has 84 valence electrons. The van der Waals surface area contributed by atoms with Crippen LogP contribution in [0.25, 0.3) is 0 Å². The summed E-state index contributed by atoms with van der Waals surface area (Å²) in [5.41, 5.74) is 0. The highest BCUT2D eigenvalue weighted by atomic mass is 35.5. The summed E-state index contributed by atoms with van der Waals surface area (Å²) in [6.45, 7) is 0. The molecule has 2 nitrogen and oxygen atoms in total. The van der Waals surface area contributed by atoms with Crippen LogP contribution in [0.2, 0.25) is 0 Å². The van der Waals surface area contributed by atoms with Crippen molar-refractivity contribution in [2.24, 2.45) is 0 Å². The molecule has 0 saturated heterocycles. The molecule has 1 fully saturated rings. The van der Waals surface area contributed by atoms with Crippen LogP contribution >= 0.6 is 11.6 Å². The molecule has 0 spiro atoms. The van der Waals surface area contributed by atoms with E-state index < -0.39 is 5.92 Å². The van der Waals surface area contributed by atoms with E-state index in [1.807, 2.05) is 0 Å². The van der Waals surface area contributed by atoms with Gasteiger partial charge in [-0.15, -0.1) is 11.6 Å². The molecule has 0 N–H and O–H groups in total. The molecule has 1 aromatic rings. The van der Waals surface area contributed by atoms with Crippen molar-refractivity contribution in [1.82, 2.24) is 4.98 Å². The molecule has 2 rings (SSSR count). The van der Waals surface area contributed by atoms with Crippen LogP contribution in [0.5, 0.6) is 0 Å². The second-order valence-electron chi connectivity index (χ2n) is 3.89. The molecular formula is C10H12ClF2NO. The highest BCUT2D eigenvalue weighted by molar-refractivity contribution is 6.17. The maximum Gasteiger partial charge on any atom is 0.248 e. The minimum atomic E-state index is -2.54. The minimum absolute atomic E-state index is 0.0524. The summed E-state index contributed by atoms with van der Waals surface area (Å²) in [5, 5.41) is 0. The molecular weight excluding hydrogens is 224 g/mol. The molecule has 1 aromatic heterocycles. The quantitative estimate of drug-likeness (QED) is 0.751. The third-order valence-electron chi connectivity index (χ3n) is 2.69. The van der Waals surface area contributed by atoms with Gasteiger partial charge in [-0.05, 0) is 6.42 Å². The van der Waals surface area contributed by atoms with Gasteiger partial charge in [0.25, 0.3) is 0 Å². The Morgan fingerprint density at radius 2 is 2.40 bits per heavy atom. The molecule has 5 heteroatoms.